The summed E-state index contributed by atoms with van der Waals surface area (Å²) in [6.07, 6.45) is 0. The number of ether oxygens (including phenoxy) is 1. The Kier molecular flexibility index (Phi) is 5.93. The van der Waals surface area contributed by atoms with E-state index in [0.29, 0.717) is 0 Å². The average Bonchev–Trinajstić information content (AvgIpc) is 3.11. The lowest BCUT2D eigenvalue weighted by Gasteiger charge is -2.38. The lowest BCUT2D eigenvalue weighted by atomic mass is 9.78. The zero-order valence-corrected chi connectivity index (χ0v) is 21.6. The average molecular weight is 455 g/mol. The van der Waals surface area contributed by atoms with Gasteiger partial charge >= 0.3 is 0 Å². The fourth-order valence-corrected chi connectivity index (χ4v) is 6.05. The van der Waals surface area contributed by atoms with Crippen LogP contribution in [0.2, 0.25) is 0 Å². The topological polar surface area (TPSA) is 15.7 Å². The van der Waals surface area contributed by atoms with E-state index in [9.17, 15) is 0 Å². The monoisotopic (exact) mass is 454 g/mol. The van der Waals surface area contributed by atoms with Crippen LogP contribution in [0, 0.1) is 27.7 Å². The molecule has 2 heterocycles. The number of aryl methyl sites for hydroxylation is 1. The highest BCUT2D eigenvalue weighted by atomic mass is 16.5. The van der Waals surface area contributed by atoms with Crippen LogP contribution >= 0.6 is 0 Å². The molecule has 0 spiro atoms. The molecule has 0 amide bonds. The summed E-state index contributed by atoms with van der Waals surface area (Å²) in [5, 5.41) is 0. The minimum absolute atomic E-state index is 0.237. The molecule has 2 aliphatic rings. The maximum Gasteiger partial charge on any atom is 0.127 e. The highest BCUT2D eigenvalue weighted by Crippen LogP contribution is 2.54. The molecule has 0 radical (unpaired) electrons. The van der Waals surface area contributed by atoms with Crippen molar-refractivity contribution in [3.8, 4) is 5.75 Å². The van der Waals surface area contributed by atoms with Gasteiger partial charge in [-0.05, 0) is 69.4 Å². The summed E-state index contributed by atoms with van der Waals surface area (Å²) in [6, 6.07) is 19.9. The molecule has 0 aromatic heterocycles. The van der Waals surface area contributed by atoms with Gasteiger partial charge in [0.25, 0.3) is 0 Å². The lowest BCUT2D eigenvalue weighted by Crippen LogP contribution is -2.46. The van der Waals surface area contributed by atoms with Crippen LogP contribution < -0.4 is 9.64 Å². The van der Waals surface area contributed by atoms with E-state index >= 15 is 0 Å². The van der Waals surface area contributed by atoms with Crippen LogP contribution in [0.1, 0.15) is 58.7 Å². The SMILES string of the molecule is Cc1ccc(C2c3c(C)c(N4CCN(Cc5ccccc5)CC4)c(C)c(C)c3OC2(C)C)cc1. The van der Waals surface area contributed by atoms with Gasteiger partial charge in [-0.3, -0.25) is 4.90 Å². The van der Waals surface area contributed by atoms with Gasteiger partial charge < -0.3 is 9.64 Å². The highest BCUT2D eigenvalue weighted by molar-refractivity contribution is 5.72. The molecule has 1 fully saturated rings. The van der Waals surface area contributed by atoms with Gasteiger partial charge in [0.05, 0.1) is 5.92 Å². The molecule has 34 heavy (non-hydrogen) atoms. The minimum atomic E-state index is -0.271. The Labute approximate surface area is 205 Å². The number of piperazine rings is 1. The first kappa shape index (κ1) is 23.0. The number of fused-ring (bicyclic) bond motifs is 1. The van der Waals surface area contributed by atoms with Gasteiger partial charge in [0.15, 0.2) is 0 Å². The molecule has 0 bridgehead atoms. The van der Waals surface area contributed by atoms with Crippen molar-refractivity contribution in [1.29, 1.82) is 0 Å². The van der Waals surface area contributed by atoms with E-state index in [2.05, 4.69) is 106 Å². The van der Waals surface area contributed by atoms with Gasteiger partial charge in [-0.25, -0.2) is 0 Å². The summed E-state index contributed by atoms with van der Waals surface area (Å²) in [7, 11) is 0. The molecule has 1 unspecified atom stereocenters. The normalized spacial score (nSPS) is 19.7. The molecule has 1 saturated heterocycles. The summed E-state index contributed by atoms with van der Waals surface area (Å²) in [6.45, 7) is 18.8. The smallest absolute Gasteiger partial charge is 0.127 e. The number of rotatable bonds is 4. The Hall–Kier alpha value is -2.78. The Balaban J connectivity index is 1.47. The molecule has 2 aliphatic heterocycles. The van der Waals surface area contributed by atoms with Crippen molar-refractivity contribution >= 4 is 5.69 Å². The zero-order chi connectivity index (χ0) is 24.0. The molecule has 0 N–H and O–H groups in total. The van der Waals surface area contributed by atoms with Gasteiger partial charge in [0.1, 0.15) is 11.4 Å². The van der Waals surface area contributed by atoms with Crippen LogP contribution in [-0.4, -0.2) is 36.7 Å². The van der Waals surface area contributed by atoms with E-state index in [1.165, 1.54) is 44.6 Å². The quantitative estimate of drug-likeness (QED) is 0.445. The number of anilines is 1. The maximum absolute atomic E-state index is 6.68. The third kappa shape index (κ3) is 4.01. The largest absolute Gasteiger partial charge is 0.486 e. The molecule has 3 aromatic carbocycles. The van der Waals surface area contributed by atoms with Crippen LogP contribution in [0.25, 0.3) is 0 Å². The molecule has 3 aromatic rings. The predicted molar refractivity (Wildman–Crippen MR) is 142 cm³/mol. The molecule has 178 valence electrons. The van der Waals surface area contributed by atoms with Gasteiger partial charge in [0, 0.05) is 44.0 Å². The number of hydrogen-bond donors (Lipinski definition) is 0. The van der Waals surface area contributed by atoms with Gasteiger partial charge in [0.2, 0.25) is 0 Å². The second-order valence-electron chi connectivity index (χ2n) is 10.8. The van der Waals surface area contributed by atoms with E-state index < -0.39 is 0 Å². The van der Waals surface area contributed by atoms with E-state index in [1.54, 1.807) is 0 Å². The van der Waals surface area contributed by atoms with E-state index in [-0.39, 0.29) is 11.5 Å². The third-order valence-corrected chi connectivity index (χ3v) is 7.96. The van der Waals surface area contributed by atoms with Crippen molar-refractivity contribution in [3.05, 3.63) is 93.5 Å². The Morgan fingerprint density at radius 3 is 2.09 bits per heavy atom. The van der Waals surface area contributed by atoms with Crippen molar-refractivity contribution in [2.75, 3.05) is 31.1 Å². The van der Waals surface area contributed by atoms with Crippen LogP contribution in [-0.2, 0) is 6.54 Å². The van der Waals surface area contributed by atoms with Gasteiger partial charge in [-0.2, -0.15) is 0 Å². The molecule has 3 nitrogen and oxygen atoms in total. The Morgan fingerprint density at radius 2 is 1.44 bits per heavy atom. The Morgan fingerprint density at radius 1 is 0.794 bits per heavy atom. The van der Waals surface area contributed by atoms with Gasteiger partial charge in [-0.15, -0.1) is 0 Å². The molecule has 5 rings (SSSR count). The first-order valence-corrected chi connectivity index (χ1v) is 12.7. The molecule has 3 heteroatoms. The second kappa shape index (κ2) is 8.78. The molecule has 0 aliphatic carbocycles. The highest BCUT2D eigenvalue weighted by Gasteiger charge is 2.45. The molecule has 0 saturated carbocycles. The fraction of sp³-hybridized carbons (Fsp3) is 0.419. The van der Waals surface area contributed by atoms with Crippen LogP contribution in [0.5, 0.6) is 5.75 Å². The number of hydrogen-bond acceptors (Lipinski definition) is 3. The molecule has 1 atom stereocenters. The molecular formula is C31H38N2O. The fourth-order valence-electron chi connectivity index (χ4n) is 6.05. The third-order valence-electron chi connectivity index (χ3n) is 7.96. The van der Waals surface area contributed by atoms with Crippen molar-refractivity contribution < 1.29 is 4.74 Å². The van der Waals surface area contributed by atoms with Crippen LogP contribution in [0.4, 0.5) is 5.69 Å². The maximum atomic E-state index is 6.68. The number of nitrogens with zero attached hydrogens (tertiary/aromatic N) is 2. The van der Waals surface area contributed by atoms with Crippen LogP contribution in [0.15, 0.2) is 54.6 Å². The van der Waals surface area contributed by atoms with E-state index in [0.717, 1.165) is 38.5 Å². The Bertz CT molecular complexity index is 1170. The summed E-state index contributed by atoms with van der Waals surface area (Å²) in [5.74, 6) is 1.34. The standard InChI is InChI=1S/C31H38N2O/c1-21-12-14-26(15-13-21)28-27-24(4)29(22(2)23(3)30(27)34-31(28,5)6)33-18-16-32(17-19-33)20-25-10-8-7-9-11-25/h7-15,28H,16-20H2,1-6H3. The number of benzene rings is 3. The van der Waals surface area contributed by atoms with Crippen LogP contribution in [0.3, 0.4) is 0 Å². The second-order valence-corrected chi connectivity index (χ2v) is 10.8. The summed E-state index contributed by atoms with van der Waals surface area (Å²) in [4.78, 5) is 5.20. The predicted octanol–water partition coefficient (Wildman–Crippen LogP) is 6.55. The summed E-state index contributed by atoms with van der Waals surface area (Å²) in [5.41, 5.74) is 10.6. The zero-order valence-electron chi connectivity index (χ0n) is 21.6. The van der Waals surface area contributed by atoms with E-state index in [4.69, 9.17) is 4.74 Å². The van der Waals surface area contributed by atoms with E-state index in [1.807, 2.05) is 0 Å². The minimum Gasteiger partial charge on any atom is -0.486 e. The van der Waals surface area contributed by atoms with Gasteiger partial charge in [-0.1, -0.05) is 60.2 Å². The van der Waals surface area contributed by atoms with Crippen molar-refractivity contribution in [2.45, 2.75) is 59.6 Å². The first-order valence-electron chi connectivity index (χ1n) is 12.7. The first-order chi connectivity index (χ1) is 16.3. The molecular weight excluding hydrogens is 416 g/mol. The lowest BCUT2D eigenvalue weighted by molar-refractivity contribution is 0.121. The summed E-state index contributed by atoms with van der Waals surface area (Å²) >= 11 is 0. The van der Waals surface area contributed by atoms with Crippen molar-refractivity contribution in [2.24, 2.45) is 0 Å². The summed E-state index contributed by atoms with van der Waals surface area (Å²) < 4.78 is 6.68. The van der Waals surface area contributed by atoms with Crippen molar-refractivity contribution in [3.63, 3.8) is 0 Å². The van der Waals surface area contributed by atoms with Crippen molar-refractivity contribution in [1.82, 2.24) is 4.90 Å².